The van der Waals surface area contributed by atoms with Gasteiger partial charge in [-0.15, -0.1) is 0 Å². The molecule has 2 aromatic rings. The molecule has 0 aliphatic rings. The summed E-state index contributed by atoms with van der Waals surface area (Å²) in [6.07, 6.45) is 3.26. The maximum Gasteiger partial charge on any atom is 0.253 e. The first-order chi connectivity index (χ1) is 19.9. The third-order valence-corrected chi connectivity index (χ3v) is 8.15. The van der Waals surface area contributed by atoms with Gasteiger partial charge in [-0.3, -0.25) is 19.4 Å². The highest BCUT2D eigenvalue weighted by Crippen LogP contribution is 2.23. The summed E-state index contributed by atoms with van der Waals surface area (Å²) in [5, 5.41) is 30.1. The molecule has 0 saturated carbocycles. The number of rotatable bonds is 17. The van der Waals surface area contributed by atoms with E-state index in [0.717, 1.165) is 37.8 Å². The van der Waals surface area contributed by atoms with Gasteiger partial charge in [-0.1, -0.05) is 26.7 Å². The second-order valence-electron chi connectivity index (χ2n) is 10.4. The minimum Gasteiger partial charge on any atom is -0.388 e. The summed E-state index contributed by atoms with van der Waals surface area (Å²) in [5.41, 5.74) is 0.387. The second kappa shape index (κ2) is 17.8. The molecule has 0 aliphatic carbocycles. The highest BCUT2D eigenvalue weighted by Gasteiger charge is 2.34. The number of hydrogen-bond acceptors (Lipinski definition) is 7. The van der Waals surface area contributed by atoms with Crippen molar-refractivity contribution in [2.24, 2.45) is 0 Å². The number of aliphatic hydroxyl groups excluding tert-OH is 2. The van der Waals surface area contributed by atoms with E-state index in [0.29, 0.717) is 6.07 Å². The molecule has 42 heavy (non-hydrogen) atoms. The summed E-state index contributed by atoms with van der Waals surface area (Å²) in [5.74, 6) is -3.06. The third-order valence-electron chi connectivity index (χ3n) is 6.68. The van der Waals surface area contributed by atoms with E-state index in [-0.39, 0.29) is 28.6 Å². The van der Waals surface area contributed by atoms with Crippen molar-refractivity contribution in [3.8, 4) is 0 Å². The zero-order valence-corrected chi connectivity index (χ0v) is 25.3. The molecule has 2 rings (SSSR count). The number of nitrogens with one attached hydrogen (secondary N) is 3. The average molecular weight is 609 g/mol. The third kappa shape index (κ3) is 11.7. The van der Waals surface area contributed by atoms with Gasteiger partial charge in [0, 0.05) is 36.4 Å². The topological polar surface area (TPSA) is 141 Å². The number of hydrogen-bond donors (Lipinski definition) is 5. The standard InChI is InChI=1S/C30H42F2N4O5S/c1-5-8-24(9-6-2)42-17-26(36-29(40)21-10-7-11-33-16-21)30(41)35-25(14-20-12-22(31)15-23(32)13-20)28(39)27(38)18(3)34-19(4)37/h7,10-13,15-16,18,24-28,38-39H,5-6,8-9,14,17H2,1-4H3,(H,34,37)(H,35,41)(H,36,40). The Morgan fingerprint density at radius 1 is 0.976 bits per heavy atom. The number of pyridine rings is 1. The molecule has 0 aliphatic heterocycles. The van der Waals surface area contributed by atoms with Gasteiger partial charge in [-0.25, -0.2) is 8.78 Å². The zero-order chi connectivity index (χ0) is 31.2. The van der Waals surface area contributed by atoms with E-state index >= 15 is 0 Å². The molecule has 5 atom stereocenters. The van der Waals surface area contributed by atoms with E-state index in [1.807, 2.05) is 0 Å². The quantitative estimate of drug-likeness (QED) is 0.186. The fraction of sp³-hybridized carbons (Fsp3) is 0.533. The van der Waals surface area contributed by atoms with E-state index in [2.05, 4.69) is 34.8 Å². The first kappa shape index (κ1) is 35.1. The molecule has 0 saturated heterocycles. The van der Waals surface area contributed by atoms with Crippen LogP contribution in [0.5, 0.6) is 0 Å². The molecule has 232 valence electrons. The van der Waals surface area contributed by atoms with Gasteiger partial charge in [0.25, 0.3) is 5.91 Å². The number of carbonyl (C=O) groups excluding carboxylic acids is 3. The predicted octanol–water partition coefficient (Wildman–Crippen LogP) is 3.13. The maximum absolute atomic E-state index is 14.0. The summed E-state index contributed by atoms with van der Waals surface area (Å²) < 4.78 is 27.9. The lowest BCUT2D eigenvalue weighted by molar-refractivity contribution is -0.126. The van der Waals surface area contributed by atoms with Crippen LogP contribution >= 0.6 is 11.8 Å². The van der Waals surface area contributed by atoms with Crippen LogP contribution < -0.4 is 16.0 Å². The van der Waals surface area contributed by atoms with Crippen molar-refractivity contribution in [2.45, 2.75) is 95.4 Å². The Hall–Kier alpha value is -3.09. The lowest BCUT2D eigenvalue weighted by Gasteiger charge is -2.32. The van der Waals surface area contributed by atoms with Crippen LogP contribution in [-0.4, -0.2) is 74.3 Å². The first-order valence-electron chi connectivity index (χ1n) is 14.2. The SMILES string of the molecule is CCCC(CCC)SCC(NC(=O)c1cccnc1)C(=O)NC(Cc1cc(F)cc(F)c1)C(O)C(O)C(C)NC(C)=O. The number of carbonyl (C=O) groups is 3. The van der Waals surface area contributed by atoms with Gasteiger partial charge in [0.15, 0.2) is 0 Å². The fourth-order valence-electron chi connectivity index (χ4n) is 4.57. The van der Waals surface area contributed by atoms with E-state index in [1.54, 1.807) is 23.9 Å². The van der Waals surface area contributed by atoms with Crippen molar-refractivity contribution in [3.63, 3.8) is 0 Å². The van der Waals surface area contributed by atoms with Gasteiger partial charge in [-0.05, 0) is 56.0 Å². The fourth-order valence-corrected chi connectivity index (χ4v) is 6.08. The predicted molar refractivity (Wildman–Crippen MR) is 159 cm³/mol. The van der Waals surface area contributed by atoms with Crippen LogP contribution in [0.3, 0.4) is 0 Å². The summed E-state index contributed by atoms with van der Waals surface area (Å²) in [6.45, 7) is 6.88. The van der Waals surface area contributed by atoms with Crippen molar-refractivity contribution in [3.05, 3.63) is 65.5 Å². The van der Waals surface area contributed by atoms with Crippen LogP contribution in [0.1, 0.15) is 69.3 Å². The highest BCUT2D eigenvalue weighted by molar-refractivity contribution is 7.99. The molecular formula is C30H42F2N4O5S. The number of aliphatic hydroxyl groups is 2. The Bertz CT molecular complexity index is 1130. The molecule has 0 fully saturated rings. The van der Waals surface area contributed by atoms with Crippen LogP contribution in [0.25, 0.3) is 0 Å². The molecule has 1 aromatic carbocycles. The molecule has 12 heteroatoms. The van der Waals surface area contributed by atoms with Crippen LogP contribution in [0.4, 0.5) is 8.78 Å². The van der Waals surface area contributed by atoms with E-state index in [4.69, 9.17) is 0 Å². The first-order valence-corrected chi connectivity index (χ1v) is 15.2. The lowest BCUT2D eigenvalue weighted by Crippen LogP contribution is -2.59. The van der Waals surface area contributed by atoms with Crippen LogP contribution in [0.2, 0.25) is 0 Å². The number of thioether (sulfide) groups is 1. The number of halogens is 2. The van der Waals surface area contributed by atoms with Gasteiger partial charge in [0.1, 0.15) is 29.9 Å². The van der Waals surface area contributed by atoms with Crippen molar-refractivity contribution in [2.75, 3.05) is 5.75 Å². The van der Waals surface area contributed by atoms with E-state index < -0.39 is 59.7 Å². The minimum atomic E-state index is -1.64. The molecule has 5 unspecified atom stereocenters. The van der Waals surface area contributed by atoms with Crippen molar-refractivity contribution in [1.29, 1.82) is 0 Å². The second-order valence-corrected chi connectivity index (χ2v) is 11.7. The van der Waals surface area contributed by atoms with Gasteiger partial charge in [-0.2, -0.15) is 11.8 Å². The molecule has 0 bridgehead atoms. The molecule has 1 aromatic heterocycles. The number of amides is 3. The van der Waals surface area contributed by atoms with Gasteiger partial charge in [0.2, 0.25) is 11.8 Å². The lowest BCUT2D eigenvalue weighted by atomic mass is 9.94. The van der Waals surface area contributed by atoms with Gasteiger partial charge < -0.3 is 26.2 Å². The molecule has 0 radical (unpaired) electrons. The Labute approximate surface area is 250 Å². The van der Waals surface area contributed by atoms with Crippen molar-refractivity contribution >= 4 is 29.5 Å². The molecule has 5 N–H and O–H groups in total. The molecule has 1 heterocycles. The summed E-state index contributed by atoms with van der Waals surface area (Å²) >= 11 is 1.56. The van der Waals surface area contributed by atoms with Crippen molar-refractivity contribution < 1.29 is 33.4 Å². The zero-order valence-electron chi connectivity index (χ0n) is 24.5. The monoisotopic (exact) mass is 608 g/mol. The Morgan fingerprint density at radius 2 is 1.62 bits per heavy atom. The number of benzene rings is 1. The smallest absolute Gasteiger partial charge is 0.253 e. The molecular weight excluding hydrogens is 566 g/mol. The molecule has 0 spiro atoms. The normalized spacial score (nSPS) is 14.9. The summed E-state index contributed by atoms with van der Waals surface area (Å²) in [6, 6.07) is 2.82. The number of nitrogens with zero attached hydrogens (tertiary/aromatic N) is 1. The minimum absolute atomic E-state index is 0.132. The summed E-state index contributed by atoms with van der Waals surface area (Å²) in [7, 11) is 0. The molecule has 9 nitrogen and oxygen atoms in total. The largest absolute Gasteiger partial charge is 0.388 e. The number of aromatic nitrogens is 1. The van der Waals surface area contributed by atoms with Gasteiger partial charge >= 0.3 is 0 Å². The summed E-state index contributed by atoms with van der Waals surface area (Å²) in [4.78, 5) is 42.1. The van der Waals surface area contributed by atoms with Crippen LogP contribution in [-0.2, 0) is 16.0 Å². The maximum atomic E-state index is 14.0. The highest BCUT2D eigenvalue weighted by atomic mass is 32.2. The van der Waals surface area contributed by atoms with E-state index in [9.17, 15) is 33.4 Å². The van der Waals surface area contributed by atoms with Crippen LogP contribution in [0.15, 0.2) is 42.7 Å². The molecule has 3 amide bonds. The van der Waals surface area contributed by atoms with Crippen molar-refractivity contribution in [1.82, 2.24) is 20.9 Å². The van der Waals surface area contributed by atoms with Crippen LogP contribution in [0, 0.1) is 11.6 Å². The Balaban J connectivity index is 2.35. The Morgan fingerprint density at radius 3 is 2.17 bits per heavy atom. The Kier molecular flexibility index (Phi) is 14.9. The van der Waals surface area contributed by atoms with Gasteiger partial charge in [0.05, 0.1) is 17.6 Å². The average Bonchev–Trinajstić information content (AvgIpc) is 2.93. The van der Waals surface area contributed by atoms with E-state index in [1.165, 1.54) is 26.2 Å².